The van der Waals surface area contributed by atoms with Crippen molar-refractivity contribution >= 4 is 0 Å². The molecule has 0 bridgehead atoms. The highest BCUT2D eigenvalue weighted by Crippen LogP contribution is 2.17. The standard InChI is InChI=1S/C10H14O4.C6H6O2/c11-5-7-13-9-1-2-10(4-3-9)14-8-6-12;7-5-2-1-3-6(8)4-5/h1-4,11-12H,5-8H2;1-4,7-8H. The molecule has 6 heteroatoms. The van der Waals surface area contributed by atoms with E-state index in [1.807, 2.05) is 0 Å². The van der Waals surface area contributed by atoms with Crippen molar-refractivity contribution in [3.63, 3.8) is 0 Å². The van der Waals surface area contributed by atoms with Gasteiger partial charge in [-0.25, -0.2) is 0 Å². The molecule has 0 fully saturated rings. The predicted octanol–water partition coefficient (Wildman–Crippen LogP) is 1.53. The SMILES string of the molecule is OCCOc1ccc(OCCO)cc1.Oc1cccc(O)c1. The Kier molecular flexibility index (Phi) is 8.25. The fraction of sp³-hybridized carbons (Fsp3) is 0.250. The van der Waals surface area contributed by atoms with Crippen LogP contribution in [0.1, 0.15) is 0 Å². The van der Waals surface area contributed by atoms with E-state index in [4.69, 9.17) is 29.9 Å². The second kappa shape index (κ2) is 10.3. The molecule has 2 rings (SSSR count). The van der Waals surface area contributed by atoms with Gasteiger partial charge in [0.2, 0.25) is 0 Å². The number of aliphatic hydroxyl groups excluding tert-OH is 2. The zero-order valence-corrected chi connectivity index (χ0v) is 12.1. The Labute approximate surface area is 128 Å². The van der Waals surface area contributed by atoms with Gasteiger partial charge in [-0.2, -0.15) is 0 Å². The second-order valence-corrected chi connectivity index (χ2v) is 4.14. The molecule has 0 heterocycles. The Hall–Kier alpha value is -2.44. The fourth-order valence-electron chi connectivity index (χ4n) is 1.45. The molecule has 0 aliphatic heterocycles. The summed E-state index contributed by atoms with van der Waals surface area (Å²) in [6.07, 6.45) is 0. The average molecular weight is 308 g/mol. The molecule has 0 aromatic heterocycles. The number of phenols is 2. The molecule has 22 heavy (non-hydrogen) atoms. The van der Waals surface area contributed by atoms with E-state index in [-0.39, 0.29) is 37.9 Å². The zero-order valence-electron chi connectivity index (χ0n) is 12.1. The molecule has 2 aromatic carbocycles. The van der Waals surface area contributed by atoms with Gasteiger partial charge in [0.1, 0.15) is 36.2 Å². The summed E-state index contributed by atoms with van der Waals surface area (Å²) in [6, 6.07) is 12.9. The van der Waals surface area contributed by atoms with Crippen LogP contribution in [0.2, 0.25) is 0 Å². The van der Waals surface area contributed by atoms with Gasteiger partial charge in [0.25, 0.3) is 0 Å². The number of phenolic OH excluding ortho intramolecular Hbond substituents is 2. The number of aliphatic hydroxyl groups is 2. The van der Waals surface area contributed by atoms with Crippen molar-refractivity contribution in [1.29, 1.82) is 0 Å². The molecule has 120 valence electrons. The molecule has 6 nitrogen and oxygen atoms in total. The van der Waals surface area contributed by atoms with Crippen molar-refractivity contribution in [3.05, 3.63) is 48.5 Å². The number of hydrogen-bond acceptors (Lipinski definition) is 6. The summed E-state index contributed by atoms with van der Waals surface area (Å²) in [5.41, 5.74) is 0. The van der Waals surface area contributed by atoms with Crippen LogP contribution < -0.4 is 9.47 Å². The summed E-state index contributed by atoms with van der Waals surface area (Å²) in [7, 11) is 0. The van der Waals surface area contributed by atoms with Crippen LogP contribution in [-0.2, 0) is 0 Å². The van der Waals surface area contributed by atoms with E-state index in [0.717, 1.165) is 0 Å². The van der Waals surface area contributed by atoms with E-state index in [0.29, 0.717) is 11.5 Å². The monoisotopic (exact) mass is 308 g/mol. The lowest BCUT2D eigenvalue weighted by Crippen LogP contribution is -2.03. The number of benzene rings is 2. The van der Waals surface area contributed by atoms with E-state index in [9.17, 15) is 0 Å². The highest BCUT2D eigenvalue weighted by atomic mass is 16.5. The molecule has 0 saturated heterocycles. The molecule has 2 aromatic rings. The van der Waals surface area contributed by atoms with Crippen molar-refractivity contribution in [3.8, 4) is 23.0 Å². The minimum Gasteiger partial charge on any atom is -0.508 e. The van der Waals surface area contributed by atoms with E-state index in [1.165, 1.54) is 18.2 Å². The van der Waals surface area contributed by atoms with Crippen LogP contribution in [0.4, 0.5) is 0 Å². The van der Waals surface area contributed by atoms with E-state index < -0.39 is 0 Å². The summed E-state index contributed by atoms with van der Waals surface area (Å²) in [5.74, 6) is 1.56. The number of hydrogen-bond donors (Lipinski definition) is 4. The summed E-state index contributed by atoms with van der Waals surface area (Å²) in [4.78, 5) is 0. The molecular weight excluding hydrogens is 288 g/mol. The van der Waals surface area contributed by atoms with E-state index >= 15 is 0 Å². The van der Waals surface area contributed by atoms with Gasteiger partial charge in [-0.05, 0) is 36.4 Å². The molecule has 4 N–H and O–H groups in total. The molecular formula is C16H20O6. The van der Waals surface area contributed by atoms with Crippen LogP contribution in [-0.4, -0.2) is 46.9 Å². The van der Waals surface area contributed by atoms with Gasteiger partial charge in [-0.3, -0.25) is 0 Å². The van der Waals surface area contributed by atoms with Crippen LogP contribution in [0.25, 0.3) is 0 Å². The first-order valence-corrected chi connectivity index (χ1v) is 6.71. The molecule has 0 unspecified atom stereocenters. The van der Waals surface area contributed by atoms with Gasteiger partial charge in [-0.15, -0.1) is 0 Å². The lowest BCUT2D eigenvalue weighted by molar-refractivity contribution is 0.198. The zero-order chi connectivity index (χ0) is 16.2. The highest BCUT2D eigenvalue weighted by Gasteiger charge is 1.95. The average Bonchev–Trinajstić information content (AvgIpc) is 2.52. The molecule has 0 amide bonds. The first-order chi connectivity index (χ1) is 10.7. The third-order valence-electron chi connectivity index (χ3n) is 2.37. The lowest BCUT2D eigenvalue weighted by Gasteiger charge is -2.06. The summed E-state index contributed by atoms with van der Waals surface area (Å²) in [6.45, 7) is 0.583. The largest absolute Gasteiger partial charge is 0.508 e. The maximum atomic E-state index is 8.65. The van der Waals surface area contributed by atoms with Crippen LogP contribution >= 0.6 is 0 Å². The van der Waals surface area contributed by atoms with Gasteiger partial charge in [0, 0.05) is 6.07 Å². The van der Waals surface area contributed by atoms with E-state index in [1.54, 1.807) is 30.3 Å². The minimum absolute atomic E-state index is 0.00274. The van der Waals surface area contributed by atoms with Crippen LogP contribution in [0, 0.1) is 0 Å². The molecule has 0 aliphatic carbocycles. The Morgan fingerprint density at radius 2 is 1.09 bits per heavy atom. The van der Waals surface area contributed by atoms with Crippen LogP contribution in [0.3, 0.4) is 0 Å². The molecule has 0 atom stereocenters. The Morgan fingerprint density at radius 3 is 1.36 bits per heavy atom. The first-order valence-electron chi connectivity index (χ1n) is 6.71. The van der Waals surface area contributed by atoms with Gasteiger partial charge in [-0.1, -0.05) is 6.07 Å². The topological polar surface area (TPSA) is 99.4 Å². The molecule has 0 aliphatic rings. The lowest BCUT2D eigenvalue weighted by atomic mass is 10.3. The van der Waals surface area contributed by atoms with Gasteiger partial charge in [0.05, 0.1) is 13.2 Å². The maximum Gasteiger partial charge on any atom is 0.119 e. The molecule has 0 radical (unpaired) electrons. The molecule has 0 spiro atoms. The minimum atomic E-state index is 0.00274. The van der Waals surface area contributed by atoms with Gasteiger partial charge in [0.15, 0.2) is 0 Å². The first kappa shape index (κ1) is 17.6. The van der Waals surface area contributed by atoms with Crippen LogP contribution in [0.15, 0.2) is 48.5 Å². The Balaban J connectivity index is 0.000000255. The summed E-state index contributed by atoms with van der Waals surface area (Å²) < 4.78 is 10.3. The normalized spacial score (nSPS) is 9.55. The number of aromatic hydroxyl groups is 2. The van der Waals surface area contributed by atoms with Crippen molar-refractivity contribution in [1.82, 2.24) is 0 Å². The van der Waals surface area contributed by atoms with Crippen molar-refractivity contribution in [2.45, 2.75) is 0 Å². The summed E-state index contributed by atoms with van der Waals surface area (Å²) >= 11 is 0. The van der Waals surface area contributed by atoms with Gasteiger partial charge < -0.3 is 29.9 Å². The fourth-order valence-corrected chi connectivity index (χ4v) is 1.45. The van der Waals surface area contributed by atoms with Gasteiger partial charge >= 0.3 is 0 Å². The third kappa shape index (κ3) is 7.37. The summed E-state index contributed by atoms with van der Waals surface area (Å²) in [5, 5.41) is 34.3. The van der Waals surface area contributed by atoms with Crippen LogP contribution in [0.5, 0.6) is 23.0 Å². The molecule has 0 saturated carbocycles. The van der Waals surface area contributed by atoms with Crippen molar-refractivity contribution < 1.29 is 29.9 Å². The number of rotatable bonds is 6. The Bertz CT molecular complexity index is 482. The quantitative estimate of drug-likeness (QED) is 0.646. The number of ether oxygens (including phenoxy) is 2. The van der Waals surface area contributed by atoms with Crippen molar-refractivity contribution in [2.24, 2.45) is 0 Å². The predicted molar refractivity (Wildman–Crippen MR) is 81.4 cm³/mol. The van der Waals surface area contributed by atoms with E-state index in [2.05, 4.69) is 0 Å². The highest BCUT2D eigenvalue weighted by molar-refractivity contribution is 5.31. The second-order valence-electron chi connectivity index (χ2n) is 4.14. The smallest absolute Gasteiger partial charge is 0.119 e. The van der Waals surface area contributed by atoms with Crippen molar-refractivity contribution in [2.75, 3.05) is 26.4 Å². The third-order valence-corrected chi connectivity index (χ3v) is 2.37. The maximum absolute atomic E-state index is 8.65. The Morgan fingerprint density at radius 1 is 0.682 bits per heavy atom.